The Morgan fingerprint density at radius 1 is 1.39 bits per heavy atom. The molecule has 1 heterocycles. The van der Waals surface area contributed by atoms with Crippen LogP contribution in [0.3, 0.4) is 0 Å². The zero-order valence-electron chi connectivity index (χ0n) is 10.3. The molecule has 1 N–H and O–H groups in total. The highest BCUT2D eigenvalue weighted by Crippen LogP contribution is 2.25. The van der Waals surface area contributed by atoms with Gasteiger partial charge in [-0.05, 0) is 17.9 Å². The number of carboxylic acid groups (broad SMARTS) is 1. The van der Waals surface area contributed by atoms with Gasteiger partial charge in [-0.25, -0.2) is 9.78 Å². The molecule has 0 amide bonds. The van der Waals surface area contributed by atoms with Gasteiger partial charge in [-0.2, -0.15) is 0 Å². The summed E-state index contributed by atoms with van der Waals surface area (Å²) in [6.45, 7) is 2.10. The van der Waals surface area contributed by atoms with Crippen molar-refractivity contribution in [3.8, 4) is 11.3 Å². The number of hydrogen-bond acceptors (Lipinski definition) is 3. The van der Waals surface area contributed by atoms with Gasteiger partial charge in [0.1, 0.15) is 5.69 Å². The number of carbonyl (C=O) groups is 1. The van der Waals surface area contributed by atoms with Gasteiger partial charge >= 0.3 is 5.97 Å². The summed E-state index contributed by atoms with van der Waals surface area (Å²) >= 11 is 1.75. The Bertz CT molecular complexity index is 561. The first kappa shape index (κ1) is 12.7. The van der Waals surface area contributed by atoms with Crippen LogP contribution in [0.2, 0.25) is 0 Å². The Morgan fingerprint density at radius 3 is 2.61 bits per heavy atom. The zero-order chi connectivity index (χ0) is 13.1. The monoisotopic (exact) mass is 262 g/mol. The van der Waals surface area contributed by atoms with Crippen LogP contribution in [0.5, 0.6) is 0 Å². The maximum absolute atomic E-state index is 11.2. The highest BCUT2D eigenvalue weighted by Gasteiger charge is 2.17. The minimum atomic E-state index is -0.961. The van der Waals surface area contributed by atoms with Gasteiger partial charge in [0.15, 0.2) is 5.69 Å². The molecule has 2 rings (SSSR count). The fourth-order valence-electron chi connectivity index (χ4n) is 1.77. The molecule has 18 heavy (non-hydrogen) atoms. The molecule has 94 valence electrons. The van der Waals surface area contributed by atoms with Crippen LogP contribution in [-0.4, -0.2) is 26.4 Å². The molecule has 0 aliphatic heterocycles. The van der Waals surface area contributed by atoms with Crippen molar-refractivity contribution in [3.63, 3.8) is 0 Å². The third-order valence-corrected chi connectivity index (χ3v) is 3.47. The summed E-state index contributed by atoms with van der Waals surface area (Å²) in [5.41, 5.74) is 1.55. The predicted octanol–water partition coefficient (Wildman–Crippen LogP) is 2.90. The fourth-order valence-corrected chi connectivity index (χ4v) is 2.43. The lowest BCUT2D eigenvalue weighted by Gasteiger charge is -2.03. The summed E-state index contributed by atoms with van der Waals surface area (Å²) in [7, 11) is 1.68. The molecule has 5 heteroatoms. The van der Waals surface area contributed by atoms with Crippen LogP contribution in [0.15, 0.2) is 35.5 Å². The standard InChI is InChI=1S/C13H14N2O2S/c1-3-18-10-6-4-9(5-7-10)11-12(13(16)17)15(2)8-14-11/h4-8H,3H2,1-2H3,(H,16,17). The molecule has 1 aromatic carbocycles. The lowest BCUT2D eigenvalue weighted by atomic mass is 10.1. The zero-order valence-corrected chi connectivity index (χ0v) is 11.1. The summed E-state index contributed by atoms with van der Waals surface area (Å²) in [5, 5.41) is 9.17. The summed E-state index contributed by atoms with van der Waals surface area (Å²) in [5.74, 6) is 0.0561. The maximum atomic E-state index is 11.2. The molecule has 0 fully saturated rings. The molecular formula is C13H14N2O2S. The SMILES string of the molecule is CCSc1ccc(-c2ncn(C)c2C(=O)O)cc1. The highest BCUT2D eigenvalue weighted by atomic mass is 32.2. The van der Waals surface area contributed by atoms with Crippen molar-refractivity contribution >= 4 is 17.7 Å². The average Bonchev–Trinajstić information content (AvgIpc) is 2.73. The lowest BCUT2D eigenvalue weighted by Crippen LogP contribution is -2.05. The number of hydrogen-bond donors (Lipinski definition) is 1. The van der Waals surface area contributed by atoms with Gasteiger partial charge in [0, 0.05) is 17.5 Å². The van der Waals surface area contributed by atoms with Crippen LogP contribution < -0.4 is 0 Å². The Kier molecular flexibility index (Phi) is 3.72. The molecule has 1 aromatic heterocycles. The van der Waals surface area contributed by atoms with Crippen molar-refractivity contribution in [2.24, 2.45) is 7.05 Å². The molecule has 0 saturated carbocycles. The first-order valence-electron chi connectivity index (χ1n) is 5.61. The predicted molar refractivity (Wildman–Crippen MR) is 72.0 cm³/mol. The lowest BCUT2D eigenvalue weighted by molar-refractivity contribution is 0.0687. The Labute approximate surface area is 110 Å². The molecule has 0 bridgehead atoms. The normalized spacial score (nSPS) is 10.6. The van der Waals surface area contributed by atoms with Crippen molar-refractivity contribution in [2.75, 3.05) is 5.75 Å². The number of aromatic carboxylic acids is 1. The molecule has 0 spiro atoms. The molecule has 0 aliphatic rings. The summed E-state index contributed by atoms with van der Waals surface area (Å²) in [6.07, 6.45) is 1.52. The second-order valence-corrected chi connectivity index (χ2v) is 5.15. The van der Waals surface area contributed by atoms with E-state index in [0.717, 1.165) is 11.3 Å². The van der Waals surface area contributed by atoms with Gasteiger partial charge in [-0.15, -0.1) is 11.8 Å². The Balaban J connectivity index is 2.40. The summed E-state index contributed by atoms with van der Waals surface area (Å²) in [6, 6.07) is 7.80. The molecule has 0 atom stereocenters. The van der Waals surface area contributed by atoms with Gasteiger partial charge in [-0.1, -0.05) is 19.1 Å². The van der Waals surface area contributed by atoms with Gasteiger partial charge < -0.3 is 9.67 Å². The van der Waals surface area contributed by atoms with E-state index in [-0.39, 0.29) is 5.69 Å². The smallest absolute Gasteiger partial charge is 0.354 e. The van der Waals surface area contributed by atoms with Gasteiger partial charge in [0.2, 0.25) is 0 Å². The molecule has 0 radical (unpaired) electrons. The van der Waals surface area contributed by atoms with E-state index in [9.17, 15) is 9.90 Å². The van der Waals surface area contributed by atoms with E-state index >= 15 is 0 Å². The van der Waals surface area contributed by atoms with Gasteiger partial charge in [-0.3, -0.25) is 0 Å². The topological polar surface area (TPSA) is 55.1 Å². The fraction of sp³-hybridized carbons (Fsp3) is 0.231. The van der Waals surface area contributed by atoms with E-state index in [0.29, 0.717) is 5.69 Å². The quantitative estimate of drug-likeness (QED) is 0.861. The molecule has 0 aliphatic carbocycles. The second kappa shape index (κ2) is 5.27. The van der Waals surface area contributed by atoms with Crippen molar-refractivity contribution in [2.45, 2.75) is 11.8 Å². The number of nitrogens with zero attached hydrogens (tertiary/aromatic N) is 2. The third-order valence-electron chi connectivity index (χ3n) is 2.58. The Hall–Kier alpha value is -1.75. The van der Waals surface area contributed by atoms with Crippen LogP contribution in [0.25, 0.3) is 11.3 Å². The number of benzene rings is 1. The minimum absolute atomic E-state index is 0.214. The highest BCUT2D eigenvalue weighted by molar-refractivity contribution is 7.99. The number of thioether (sulfide) groups is 1. The Morgan fingerprint density at radius 2 is 2.06 bits per heavy atom. The first-order valence-corrected chi connectivity index (χ1v) is 6.60. The number of imidazole rings is 1. The molecular weight excluding hydrogens is 248 g/mol. The van der Waals surface area contributed by atoms with Crippen molar-refractivity contribution in [1.29, 1.82) is 0 Å². The van der Waals surface area contributed by atoms with Crippen molar-refractivity contribution in [3.05, 3.63) is 36.3 Å². The number of aryl methyl sites for hydroxylation is 1. The average molecular weight is 262 g/mol. The van der Waals surface area contributed by atoms with Crippen LogP contribution in [0.1, 0.15) is 17.4 Å². The summed E-state index contributed by atoms with van der Waals surface area (Å²) < 4.78 is 1.52. The summed E-state index contributed by atoms with van der Waals surface area (Å²) in [4.78, 5) is 16.5. The van der Waals surface area contributed by atoms with Crippen LogP contribution in [0, 0.1) is 0 Å². The second-order valence-electron chi connectivity index (χ2n) is 3.82. The third kappa shape index (κ3) is 2.41. The van der Waals surface area contributed by atoms with E-state index in [1.54, 1.807) is 18.8 Å². The molecule has 2 aromatic rings. The minimum Gasteiger partial charge on any atom is -0.477 e. The number of rotatable bonds is 4. The molecule has 0 saturated heterocycles. The number of carboxylic acids is 1. The van der Waals surface area contributed by atoms with E-state index in [1.165, 1.54) is 15.8 Å². The van der Waals surface area contributed by atoms with Crippen LogP contribution in [0.4, 0.5) is 0 Å². The van der Waals surface area contributed by atoms with Gasteiger partial charge in [0.25, 0.3) is 0 Å². The molecule has 4 nitrogen and oxygen atoms in total. The van der Waals surface area contributed by atoms with Crippen LogP contribution in [-0.2, 0) is 7.05 Å². The van der Waals surface area contributed by atoms with E-state index in [2.05, 4.69) is 11.9 Å². The van der Waals surface area contributed by atoms with Crippen molar-refractivity contribution in [1.82, 2.24) is 9.55 Å². The van der Waals surface area contributed by atoms with E-state index < -0.39 is 5.97 Å². The molecule has 0 unspecified atom stereocenters. The van der Waals surface area contributed by atoms with E-state index in [4.69, 9.17) is 0 Å². The largest absolute Gasteiger partial charge is 0.477 e. The van der Waals surface area contributed by atoms with Crippen LogP contribution >= 0.6 is 11.8 Å². The van der Waals surface area contributed by atoms with Gasteiger partial charge in [0.05, 0.1) is 6.33 Å². The van der Waals surface area contributed by atoms with E-state index in [1.807, 2.05) is 24.3 Å². The maximum Gasteiger partial charge on any atom is 0.354 e. The first-order chi connectivity index (χ1) is 8.63. The number of aromatic nitrogens is 2. The van der Waals surface area contributed by atoms with Crippen molar-refractivity contribution < 1.29 is 9.90 Å².